The first kappa shape index (κ1) is 19.6. The van der Waals surface area contributed by atoms with Crippen molar-refractivity contribution >= 4 is 11.8 Å². The van der Waals surface area contributed by atoms with Crippen LogP contribution in [0.3, 0.4) is 0 Å². The van der Waals surface area contributed by atoms with E-state index in [4.69, 9.17) is 14.5 Å². The van der Waals surface area contributed by atoms with E-state index in [-0.39, 0.29) is 0 Å². The number of ether oxygens (including phenoxy) is 2. The Morgan fingerprint density at radius 2 is 2.03 bits per heavy atom. The van der Waals surface area contributed by atoms with Gasteiger partial charge in [0.2, 0.25) is 5.95 Å². The topological polar surface area (TPSA) is 54.0 Å². The Balaban J connectivity index is 1.24. The van der Waals surface area contributed by atoms with Gasteiger partial charge in [-0.3, -0.25) is 4.90 Å². The second-order valence-corrected chi connectivity index (χ2v) is 8.50. The number of piperidine rings is 1. The molecule has 0 radical (unpaired) electrons. The molecule has 0 amide bonds. The fourth-order valence-electron chi connectivity index (χ4n) is 4.73. The molecule has 1 atom stereocenters. The van der Waals surface area contributed by atoms with Crippen molar-refractivity contribution in [3.63, 3.8) is 0 Å². The number of rotatable bonds is 5. The Labute approximate surface area is 178 Å². The highest BCUT2D eigenvalue weighted by molar-refractivity contribution is 5.44. The Hall–Kier alpha value is -2.38. The Morgan fingerprint density at radius 3 is 2.93 bits per heavy atom. The van der Waals surface area contributed by atoms with Gasteiger partial charge in [0.15, 0.2) is 0 Å². The smallest absolute Gasteiger partial charge is 0.227 e. The lowest BCUT2D eigenvalue weighted by Crippen LogP contribution is -2.47. The highest BCUT2D eigenvalue weighted by Gasteiger charge is 2.26. The van der Waals surface area contributed by atoms with Crippen LogP contribution >= 0.6 is 0 Å². The Bertz CT molecular complexity index is 870. The van der Waals surface area contributed by atoms with Crippen LogP contribution in [0.2, 0.25) is 0 Å². The van der Waals surface area contributed by atoms with Crippen LogP contribution in [0, 0.1) is 0 Å². The number of benzene rings is 1. The third-order valence-electron chi connectivity index (χ3n) is 6.47. The summed E-state index contributed by atoms with van der Waals surface area (Å²) >= 11 is 0. The van der Waals surface area contributed by atoms with Crippen molar-refractivity contribution < 1.29 is 9.47 Å². The Morgan fingerprint density at radius 1 is 1.13 bits per heavy atom. The van der Waals surface area contributed by atoms with Crippen LogP contribution in [0.15, 0.2) is 30.5 Å². The number of anilines is 2. The van der Waals surface area contributed by atoms with E-state index in [1.165, 1.54) is 24.0 Å². The molecular weight excluding hydrogens is 378 g/mol. The summed E-state index contributed by atoms with van der Waals surface area (Å²) < 4.78 is 11.1. The molecule has 0 spiro atoms. The quantitative estimate of drug-likeness (QED) is 0.751. The summed E-state index contributed by atoms with van der Waals surface area (Å²) in [6.07, 6.45) is 5.30. The predicted octanol–water partition coefficient (Wildman–Crippen LogP) is 2.35. The number of nitrogens with zero attached hydrogens (tertiary/aromatic N) is 5. The SMILES string of the molecule is CN(c1nccc(N2CCOCC2)n1)C1CCCN(Cc2ccc3c(c2)CCO3)C1. The molecule has 3 aliphatic heterocycles. The standard InChI is InChI=1S/C23H31N5O2/c1-26(23-24-8-6-22(25-23)28-10-13-29-14-11-28)20-3-2-9-27(17-20)16-18-4-5-21-19(15-18)7-12-30-21/h4-6,8,15,20H,2-3,7,9-14,16-17H2,1H3. The normalized spacial score (nSPS) is 21.9. The van der Waals surface area contributed by atoms with E-state index in [1.54, 1.807) is 0 Å². The molecule has 2 aromatic rings. The lowest BCUT2D eigenvalue weighted by atomic mass is 10.0. The zero-order chi connectivity index (χ0) is 20.3. The summed E-state index contributed by atoms with van der Waals surface area (Å²) in [4.78, 5) is 16.6. The number of likely N-dealkylation sites (tertiary alicyclic amines) is 1. The van der Waals surface area contributed by atoms with Gasteiger partial charge in [0.25, 0.3) is 0 Å². The molecular formula is C23H31N5O2. The molecule has 160 valence electrons. The van der Waals surface area contributed by atoms with Crippen LogP contribution in [0.25, 0.3) is 0 Å². The molecule has 2 saturated heterocycles. The first-order chi connectivity index (χ1) is 14.8. The summed E-state index contributed by atoms with van der Waals surface area (Å²) in [5, 5.41) is 0. The van der Waals surface area contributed by atoms with Gasteiger partial charge >= 0.3 is 0 Å². The third kappa shape index (κ3) is 4.23. The van der Waals surface area contributed by atoms with Crippen LogP contribution in [-0.4, -0.2) is 74.0 Å². The van der Waals surface area contributed by atoms with Crippen LogP contribution in [-0.2, 0) is 17.7 Å². The van der Waals surface area contributed by atoms with Crippen molar-refractivity contribution in [2.75, 3.05) is 62.8 Å². The Kier molecular flexibility index (Phi) is 5.73. The third-order valence-corrected chi connectivity index (χ3v) is 6.47. The van der Waals surface area contributed by atoms with Crippen molar-refractivity contribution in [2.24, 2.45) is 0 Å². The van der Waals surface area contributed by atoms with Gasteiger partial charge in [0.1, 0.15) is 11.6 Å². The van der Waals surface area contributed by atoms with Gasteiger partial charge in [-0.25, -0.2) is 4.98 Å². The number of aromatic nitrogens is 2. The summed E-state index contributed by atoms with van der Waals surface area (Å²) in [5.41, 5.74) is 2.74. The largest absolute Gasteiger partial charge is 0.493 e. The van der Waals surface area contributed by atoms with Crippen LogP contribution in [0.1, 0.15) is 24.0 Å². The maximum absolute atomic E-state index is 5.65. The van der Waals surface area contributed by atoms with Gasteiger partial charge in [-0.15, -0.1) is 0 Å². The van der Waals surface area contributed by atoms with Crippen molar-refractivity contribution in [1.29, 1.82) is 0 Å². The minimum Gasteiger partial charge on any atom is -0.493 e. The first-order valence-electron chi connectivity index (χ1n) is 11.1. The van der Waals surface area contributed by atoms with E-state index in [1.807, 2.05) is 12.3 Å². The molecule has 0 saturated carbocycles. The molecule has 0 aliphatic carbocycles. The highest BCUT2D eigenvalue weighted by Crippen LogP contribution is 2.27. The molecule has 0 N–H and O–H groups in total. The highest BCUT2D eigenvalue weighted by atomic mass is 16.5. The van der Waals surface area contributed by atoms with E-state index >= 15 is 0 Å². The number of morpholine rings is 1. The molecule has 1 aromatic carbocycles. The number of fused-ring (bicyclic) bond motifs is 1. The van der Waals surface area contributed by atoms with Crippen molar-refractivity contribution in [1.82, 2.24) is 14.9 Å². The second-order valence-electron chi connectivity index (χ2n) is 8.50. The summed E-state index contributed by atoms with van der Waals surface area (Å²) in [7, 11) is 2.14. The number of likely N-dealkylation sites (N-methyl/N-ethyl adjacent to an activating group) is 1. The van der Waals surface area contributed by atoms with Crippen molar-refractivity contribution in [2.45, 2.75) is 31.8 Å². The fourth-order valence-corrected chi connectivity index (χ4v) is 4.73. The zero-order valence-electron chi connectivity index (χ0n) is 17.8. The summed E-state index contributed by atoms with van der Waals surface area (Å²) in [6.45, 7) is 7.31. The van der Waals surface area contributed by atoms with Crippen LogP contribution in [0.4, 0.5) is 11.8 Å². The van der Waals surface area contributed by atoms with Gasteiger partial charge in [-0.2, -0.15) is 4.98 Å². The molecule has 7 nitrogen and oxygen atoms in total. The molecule has 1 unspecified atom stereocenters. The zero-order valence-corrected chi connectivity index (χ0v) is 17.8. The number of hydrogen-bond acceptors (Lipinski definition) is 7. The summed E-state index contributed by atoms with van der Waals surface area (Å²) in [5.74, 6) is 2.89. The molecule has 5 rings (SSSR count). The van der Waals surface area contributed by atoms with Crippen molar-refractivity contribution in [3.05, 3.63) is 41.6 Å². The molecule has 1 aromatic heterocycles. The predicted molar refractivity (Wildman–Crippen MR) is 117 cm³/mol. The lowest BCUT2D eigenvalue weighted by Gasteiger charge is -2.38. The maximum atomic E-state index is 5.65. The van der Waals surface area contributed by atoms with E-state index in [9.17, 15) is 0 Å². The maximum Gasteiger partial charge on any atom is 0.227 e. The average Bonchev–Trinajstić information content (AvgIpc) is 3.27. The minimum absolute atomic E-state index is 0.427. The molecule has 30 heavy (non-hydrogen) atoms. The second kappa shape index (κ2) is 8.78. The van der Waals surface area contributed by atoms with E-state index in [2.05, 4.69) is 44.9 Å². The molecule has 4 heterocycles. The molecule has 3 aliphatic rings. The van der Waals surface area contributed by atoms with Gasteiger partial charge in [0.05, 0.1) is 19.8 Å². The number of hydrogen-bond donors (Lipinski definition) is 0. The van der Waals surface area contributed by atoms with Crippen LogP contribution < -0.4 is 14.5 Å². The van der Waals surface area contributed by atoms with E-state index in [0.717, 1.165) is 76.5 Å². The molecule has 2 fully saturated rings. The van der Waals surface area contributed by atoms with E-state index < -0.39 is 0 Å². The first-order valence-corrected chi connectivity index (χ1v) is 11.1. The average molecular weight is 410 g/mol. The van der Waals surface area contributed by atoms with Gasteiger partial charge in [-0.1, -0.05) is 12.1 Å². The van der Waals surface area contributed by atoms with Crippen molar-refractivity contribution in [3.8, 4) is 5.75 Å². The molecule has 0 bridgehead atoms. The fraction of sp³-hybridized carbons (Fsp3) is 0.565. The van der Waals surface area contributed by atoms with Gasteiger partial charge < -0.3 is 19.3 Å². The van der Waals surface area contributed by atoms with Crippen LogP contribution in [0.5, 0.6) is 5.75 Å². The lowest BCUT2D eigenvalue weighted by molar-refractivity contribution is 0.122. The van der Waals surface area contributed by atoms with Gasteiger partial charge in [0, 0.05) is 51.9 Å². The summed E-state index contributed by atoms with van der Waals surface area (Å²) in [6, 6.07) is 9.11. The van der Waals surface area contributed by atoms with Gasteiger partial charge in [-0.05, 0) is 42.6 Å². The minimum atomic E-state index is 0.427. The monoisotopic (exact) mass is 409 g/mol. The van der Waals surface area contributed by atoms with E-state index in [0.29, 0.717) is 6.04 Å². The molecule has 7 heteroatoms.